The molecular weight excluding hydrogens is 467 g/mol. The van der Waals surface area contributed by atoms with Crippen molar-refractivity contribution < 1.29 is 18.0 Å². The highest BCUT2D eigenvalue weighted by Crippen LogP contribution is 2.29. The molecule has 0 aliphatic heterocycles. The molecule has 0 spiro atoms. The zero-order chi connectivity index (χ0) is 25.7. The van der Waals surface area contributed by atoms with Gasteiger partial charge in [0, 0.05) is 28.8 Å². The number of hydrogen-bond donors (Lipinski definition) is 3. The van der Waals surface area contributed by atoms with Crippen molar-refractivity contribution in [2.24, 2.45) is 0 Å². The molecule has 184 valence electrons. The van der Waals surface area contributed by atoms with Crippen LogP contribution in [0.15, 0.2) is 78.9 Å². The molecule has 1 amide bonds. The van der Waals surface area contributed by atoms with Crippen LogP contribution in [0, 0.1) is 13.8 Å². The Labute approximate surface area is 206 Å². The van der Waals surface area contributed by atoms with E-state index in [9.17, 15) is 18.0 Å². The van der Waals surface area contributed by atoms with Crippen molar-refractivity contribution >= 4 is 34.7 Å². The fraction of sp³-hybridized carbons (Fsp3) is 0.148. The summed E-state index contributed by atoms with van der Waals surface area (Å²) >= 11 is 0. The van der Waals surface area contributed by atoms with Crippen LogP contribution in [0.5, 0.6) is 0 Å². The summed E-state index contributed by atoms with van der Waals surface area (Å²) in [4.78, 5) is 21.2. The van der Waals surface area contributed by atoms with Gasteiger partial charge in [-0.05, 0) is 67.9 Å². The number of alkyl halides is 3. The molecule has 3 aromatic carbocycles. The number of halogens is 3. The highest BCUT2D eigenvalue weighted by molar-refractivity contribution is 5.92. The van der Waals surface area contributed by atoms with Gasteiger partial charge in [-0.3, -0.25) is 4.79 Å². The van der Waals surface area contributed by atoms with Crippen LogP contribution in [-0.2, 0) is 17.4 Å². The molecule has 1 heterocycles. The van der Waals surface area contributed by atoms with Crippen LogP contribution in [0.3, 0.4) is 0 Å². The van der Waals surface area contributed by atoms with Crippen molar-refractivity contribution in [3.8, 4) is 0 Å². The predicted octanol–water partition coefficient (Wildman–Crippen LogP) is 6.78. The number of aromatic nitrogens is 2. The molecule has 0 bridgehead atoms. The molecule has 0 unspecified atom stereocenters. The first-order valence-electron chi connectivity index (χ1n) is 11.2. The van der Waals surface area contributed by atoms with Crippen LogP contribution in [-0.4, -0.2) is 15.9 Å². The summed E-state index contributed by atoms with van der Waals surface area (Å²) in [6, 6.07) is 21.4. The maximum atomic E-state index is 12.7. The standard InChI is InChI=1S/C27H24F3N5O/c1-17-3-9-21(10-4-17)32-24-15-18(2)31-26(35-24)34-23-13-11-22(12-14-23)33-25(36)16-19-5-7-20(8-6-19)27(28,29)30/h3-15H,16H2,1-2H3,(H,33,36)(H2,31,32,34,35). The fourth-order valence-corrected chi connectivity index (χ4v) is 3.44. The smallest absolute Gasteiger partial charge is 0.340 e. The first-order valence-corrected chi connectivity index (χ1v) is 11.2. The van der Waals surface area contributed by atoms with Gasteiger partial charge in [0.25, 0.3) is 0 Å². The number of nitrogens with zero attached hydrogens (tertiary/aromatic N) is 2. The second-order valence-electron chi connectivity index (χ2n) is 8.33. The molecule has 0 fully saturated rings. The molecule has 1 aromatic heterocycles. The molecule has 3 N–H and O–H groups in total. The van der Waals surface area contributed by atoms with Gasteiger partial charge in [-0.15, -0.1) is 0 Å². The van der Waals surface area contributed by atoms with Gasteiger partial charge in [0.2, 0.25) is 11.9 Å². The van der Waals surface area contributed by atoms with Crippen LogP contribution in [0.4, 0.5) is 42.0 Å². The number of aryl methyl sites for hydroxylation is 2. The molecule has 0 aliphatic carbocycles. The number of rotatable bonds is 7. The van der Waals surface area contributed by atoms with Gasteiger partial charge in [-0.25, -0.2) is 4.98 Å². The van der Waals surface area contributed by atoms with E-state index >= 15 is 0 Å². The Balaban J connectivity index is 1.35. The molecule has 4 rings (SSSR count). The number of nitrogens with one attached hydrogen (secondary N) is 3. The minimum absolute atomic E-state index is 0.0357. The van der Waals surface area contributed by atoms with E-state index in [1.165, 1.54) is 17.7 Å². The van der Waals surface area contributed by atoms with E-state index in [1.807, 2.05) is 44.2 Å². The minimum Gasteiger partial charge on any atom is -0.340 e. The lowest BCUT2D eigenvalue weighted by Crippen LogP contribution is -2.14. The molecule has 36 heavy (non-hydrogen) atoms. The van der Waals surface area contributed by atoms with Gasteiger partial charge in [-0.1, -0.05) is 29.8 Å². The summed E-state index contributed by atoms with van der Waals surface area (Å²) < 4.78 is 38.1. The number of carbonyl (C=O) groups is 1. The molecule has 0 saturated carbocycles. The summed E-state index contributed by atoms with van der Waals surface area (Å²) in [5.41, 5.74) is 3.90. The number of anilines is 5. The SMILES string of the molecule is Cc1ccc(Nc2cc(C)nc(Nc3ccc(NC(=O)Cc4ccc(C(F)(F)F)cc4)cc3)n2)cc1. The number of carbonyl (C=O) groups excluding carboxylic acids is 1. The van der Waals surface area contributed by atoms with Gasteiger partial charge in [0.15, 0.2) is 0 Å². The Kier molecular flexibility index (Phi) is 7.19. The van der Waals surface area contributed by atoms with Crippen molar-refractivity contribution in [3.63, 3.8) is 0 Å². The summed E-state index contributed by atoms with van der Waals surface area (Å²) in [5, 5.41) is 9.16. The highest BCUT2D eigenvalue weighted by Gasteiger charge is 2.29. The molecule has 0 atom stereocenters. The van der Waals surface area contributed by atoms with Crippen molar-refractivity contribution in [1.82, 2.24) is 9.97 Å². The highest BCUT2D eigenvalue weighted by atomic mass is 19.4. The van der Waals surface area contributed by atoms with E-state index in [-0.39, 0.29) is 12.3 Å². The lowest BCUT2D eigenvalue weighted by molar-refractivity contribution is -0.137. The molecule has 0 saturated heterocycles. The Bertz CT molecular complexity index is 1340. The average Bonchev–Trinajstić information content (AvgIpc) is 2.81. The Morgan fingerprint density at radius 1 is 0.778 bits per heavy atom. The zero-order valence-corrected chi connectivity index (χ0v) is 19.6. The van der Waals surface area contributed by atoms with Crippen molar-refractivity contribution in [2.45, 2.75) is 26.4 Å². The van der Waals surface area contributed by atoms with Crippen LogP contribution in [0.25, 0.3) is 0 Å². The fourth-order valence-electron chi connectivity index (χ4n) is 3.44. The lowest BCUT2D eigenvalue weighted by Gasteiger charge is -2.11. The van der Waals surface area contributed by atoms with Crippen LogP contribution < -0.4 is 16.0 Å². The molecule has 0 radical (unpaired) electrons. The molecule has 9 heteroatoms. The topological polar surface area (TPSA) is 78.9 Å². The third kappa shape index (κ3) is 6.82. The van der Waals surface area contributed by atoms with E-state index in [0.717, 1.165) is 29.2 Å². The third-order valence-electron chi connectivity index (χ3n) is 5.25. The van der Waals surface area contributed by atoms with E-state index in [4.69, 9.17) is 0 Å². The van der Waals surface area contributed by atoms with E-state index in [1.54, 1.807) is 24.3 Å². The lowest BCUT2D eigenvalue weighted by atomic mass is 10.1. The van der Waals surface area contributed by atoms with Gasteiger partial charge >= 0.3 is 6.18 Å². The zero-order valence-electron chi connectivity index (χ0n) is 19.6. The second kappa shape index (κ2) is 10.5. The summed E-state index contributed by atoms with van der Waals surface area (Å²) in [6.45, 7) is 3.90. The van der Waals surface area contributed by atoms with Crippen LogP contribution >= 0.6 is 0 Å². The predicted molar refractivity (Wildman–Crippen MR) is 135 cm³/mol. The van der Waals surface area contributed by atoms with Gasteiger partial charge in [-0.2, -0.15) is 18.2 Å². The van der Waals surface area contributed by atoms with Crippen molar-refractivity contribution in [1.29, 1.82) is 0 Å². The quantitative estimate of drug-likeness (QED) is 0.266. The monoisotopic (exact) mass is 491 g/mol. The average molecular weight is 492 g/mol. The van der Waals surface area contributed by atoms with E-state index < -0.39 is 11.7 Å². The van der Waals surface area contributed by atoms with Gasteiger partial charge in [0.05, 0.1) is 12.0 Å². The first-order chi connectivity index (χ1) is 17.1. The summed E-state index contributed by atoms with van der Waals surface area (Å²) in [7, 11) is 0. The molecule has 4 aromatic rings. The summed E-state index contributed by atoms with van der Waals surface area (Å²) in [6.07, 6.45) is -4.44. The maximum Gasteiger partial charge on any atom is 0.416 e. The number of amides is 1. The molecule has 0 aliphatic rings. The first kappa shape index (κ1) is 24.7. The number of benzene rings is 3. The van der Waals surface area contributed by atoms with Crippen molar-refractivity contribution in [3.05, 3.63) is 101 Å². The molecule has 6 nitrogen and oxygen atoms in total. The summed E-state index contributed by atoms with van der Waals surface area (Å²) in [5.74, 6) is 0.744. The Morgan fingerprint density at radius 3 is 2.00 bits per heavy atom. The Morgan fingerprint density at radius 2 is 1.36 bits per heavy atom. The normalized spacial score (nSPS) is 11.1. The van der Waals surface area contributed by atoms with E-state index in [2.05, 4.69) is 25.9 Å². The minimum atomic E-state index is -4.40. The number of hydrogen-bond acceptors (Lipinski definition) is 5. The van der Waals surface area contributed by atoms with Crippen molar-refractivity contribution in [2.75, 3.05) is 16.0 Å². The second-order valence-corrected chi connectivity index (χ2v) is 8.33. The largest absolute Gasteiger partial charge is 0.416 e. The van der Waals surface area contributed by atoms with Crippen LogP contribution in [0.2, 0.25) is 0 Å². The third-order valence-corrected chi connectivity index (χ3v) is 5.25. The van der Waals surface area contributed by atoms with Gasteiger partial charge in [0.1, 0.15) is 5.82 Å². The van der Waals surface area contributed by atoms with Gasteiger partial charge < -0.3 is 16.0 Å². The van der Waals surface area contributed by atoms with E-state index in [0.29, 0.717) is 23.0 Å². The maximum absolute atomic E-state index is 12.7. The Hall–Kier alpha value is -4.40. The molecular formula is C27H24F3N5O. The van der Waals surface area contributed by atoms with Crippen LogP contribution in [0.1, 0.15) is 22.4 Å².